The quantitative estimate of drug-likeness (QED) is 0.790. The van der Waals surface area contributed by atoms with Crippen molar-refractivity contribution in [2.24, 2.45) is 5.92 Å². The van der Waals surface area contributed by atoms with Crippen LogP contribution in [0.2, 0.25) is 0 Å². The van der Waals surface area contributed by atoms with E-state index in [2.05, 4.69) is 10.5 Å². The Morgan fingerprint density at radius 2 is 2.11 bits per heavy atom. The molecule has 19 heavy (non-hydrogen) atoms. The van der Waals surface area contributed by atoms with Crippen molar-refractivity contribution >= 4 is 11.9 Å². The zero-order chi connectivity index (χ0) is 14.4. The predicted octanol–water partition coefficient (Wildman–Crippen LogP) is 1.47. The molecule has 6 nitrogen and oxygen atoms in total. The third kappa shape index (κ3) is 4.39. The largest absolute Gasteiger partial charge is 0.452 e. The molecule has 0 aromatic carbocycles. The minimum Gasteiger partial charge on any atom is -0.452 e. The van der Waals surface area contributed by atoms with Crippen LogP contribution in [0.15, 0.2) is 4.52 Å². The van der Waals surface area contributed by atoms with E-state index >= 15 is 0 Å². The van der Waals surface area contributed by atoms with E-state index in [0.717, 1.165) is 0 Å². The lowest BCUT2D eigenvalue weighted by atomic mass is 10.1. The van der Waals surface area contributed by atoms with Crippen LogP contribution in [0, 0.1) is 12.8 Å². The van der Waals surface area contributed by atoms with E-state index in [-0.39, 0.29) is 12.5 Å². The summed E-state index contributed by atoms with van der Waals surface area (Å²) >= 11 is 0. The standard InChI is InChI=1S/C13H20N2O4/c1-5-10-12(9(4)19-15-10)13(17)18-7-11(16)14-6-8(2)3/h8H,5-7H2,1-4H3,(H,14,16). The maximum Gasteiger partial charge on any atom is 0.344 e. The average molecular weight is 268 g/mol. The highest BCUT2D eigenvalue weighted by molar-refractivity contribution is 5.93. The Bertz CT molecular complexity index is 451. The number of nitrogens with one attached hydrogen (secondary N) is 1. The molecule has 0 unspecified atom stereocenters. The number of carbonyl (C=O) groups excluding carboxylic acids is 2. The monoisotopic (exact) mass is 268 g/mol. The summed E-state index contributed by atoms with van der Waals surface area (Å²) in [6, 6.07) is 0. The maximum absolute atomic E-state index is 11.8. The molecule has 0 aliphatic carbocycles. The van der Waals surface area contributed by atoms with E-state index in [4.69, 9.17) is 9.26 Å². The van der Waals surface area contributed by atoms with Gasteiger partial charge < -0.3 is 14.6 Å². The Hall–Kier alpha value is -1.85. The van der Waals surface area contributed by atoms with Crippen LogP contribution in [0.25, 0.3) is 0 Å². The second-order valence-corrected chi connectivity index (χ2v) is 4.69. The van der Waals surface area contributed by atoms with Gasteiger partial charge in [0.1, 0.15) is 11.3 Å². The molecule has 106 valence electrons. The molecule has 1 heterocycles. The first-order valence-electron chi connectivity index (χ1n) is 6.34. The summed E-state index contributed by atoms with van der Waals surface area (Å²) in [5.41, 5.74) is 0.865. The topological polar surface area (TPSA) is 81.4 Å². The molecule has 1 N–H and O–H groups in total. The van der Waals surface area contributed by atoms with E-state index < -0.39 is 5.97 Å². The summed E-state index contributed by atoms with van der Waals surface area (Å²) < 4.78 is 9.89. The number of carbonyl (C=O) groups is 2. The molecule has 0 aliphatic rings. The normalized spacial score (nSPS) is 10.6. The fourth-order valence-corrected chi connectivity index (χ4v) is 1.49. The van der Waals surface area contributed by atoms with Crippen LogP contribution < -0.4 is 5.32 Å². The Balaban J connectivity index is 2.51. The van der Waals surface area contributed by atoms with Gasteiger partial charge in [-0.25, -0.2) is 4.79 Å². The summed E-state index contributed by atoms with van der Waals surface area (Å²) in [4.78, 5) is 23.3. The minimum atomic E-state index is -0.574. The number of nitrogens with zero attached hydrogens (tertiary/aromatic N) is 1. The molecule has 0 fully saturated rings. The average Bonchev–Trinajstić information content (AvgIpc) is 2.74. The summed E-state index contributed by atoms with van der Waals surface area (Å²) in [6.07, 6.45) is 0.571. The molecule has 0 bridgehead atoms. The van der Waals surface area contributed by atoms with Gasteiger partial charge in [0.05, 0.1) is 5.69 Å². The molecule has 1 rings (SSSR count). The van der Waals surface area contributed by atoms with E-state index in [1.807, 2.05) is 20.8 Å². The van der Waals surface area contributed by atoms with Crippen molar-refractivity contribution in [1.82, 2.24) is 10.5 Å². The van der Waals surface area contributed by atoms with Gasteiger partial charge in [-0.1, -0.05) is 25.9 Å². The first kappa shape index (κ1) is 15.2. The van der Waals surface area contributed by atoms with Crippen molar-refractivity contribution in [3.05, 3.63) is 17.0 Å². The lowest BCUT2D eigenvalue weighted by Gasteiger charge is -2.08. The van der Waals surface area contributed by atoms with Gasteiger partial charge >= 0.3 is 5.97 Å². The zero-order valence-corrected chi connectivity index (χ0v) is 11.8. The second-order valence-electron chi connectivity index (χ2n) is 4.69. The Morgan fingerprint density at radius 1 is 1.42 bits per heavy atom. The SMILES string of the molecule is CCc1noc(C)c1C(=O)OCC(=O)NCC(C)C. The molecule has 0 spiro atoms. The van der Waals surface area contributed by atoms with Crippen LogP contribution in [0.5, 0.6) is 0 Å². The zero-order valence-electron chi connectivity index (χ0n) is 11.8. The van der Waals surface area contributed by atoms with Crippen LogP contribution in [0.1, 0.15) is 42.6 Å². The molecule has 1 amide bonds. The molecule has 0 aliphatic heterocycles. The van der Waals surface area contributed by atoms with Gasteiger partial charge in [-0.3, -0.25) is 4.79 Å². The summed E-state index contributed by atoms with van der Waals surface area (Å²) in [5, 5.41) is 6.44. The number of ether oxygens (including phenoxy) is 1. The predicted molar refractivity (Wildman–Crippen MR) is 68.7 cm³/mol. The van der Waals surface area contributed by atoms with Gasteiger partial charge in [-0.2, -0.15) is 0 Å². The maximum atomic E-state index is 11.8. The van der Waals surface area contributed by atoms with Crippen LogP contribution in [0.3, 0.4) is 0 Å². The molecule has 6 heteroatoms. The number of esters is 1. The Labute approximate surface area is 112 Å². The Morgan fingerprint density at radius 3 is 2.68 bits per heavy atom. The van der Waals surface area contributed by atoms with E-state index in [9.17, 15) is 9.59 Å². The van der Waals surface area contributed by atoms with Crippen LogP contribution >= 0.6 is 0 Å². The number of amides is 1. The van der Waals surface area contributed by atoms with E-state index in [0.29, 0.717) is 35.9 Å². The van der Waals surface area contributed by atoms with Crippen molar-refractivity contribution in [1.29, 1.82) is 0 Å². The highest BCUT2D eigenvalue weighted by atomic mass is 16.5. The summed E-state index contributed by atoms with van der Waals surface area (Å²) in [5.74, 6) is -0.124. The highest BCUT2D eigenvalue weighted by Crippen LogP contribution is 2.15. The number of rotatable bonds is 6. The van der Waals surface area contributed by atoms with Crippen molar-refractivity contribution in [3.63, 3.8) is 0 Å². The van der Waals surface area contributed by atoms with Gasteiger partial charge in [-0.15, -0.1) is 0 Å². The lowest BCUT2D eigenvalue weighted by molar-refractivity contribution is -0.124. The molecular formula is C13H20N2O4. The first-order valence-corrected chi connectivity index (χ1v) is 6.34. The van der Waals surface area contributed by atoms with Crippen molar-refractivity contribution in [2.75, 3.05) is 13.2 Å². The molecule has 0 saturated carbocycles. The van der Waals surface area contributed by atoms with Gasteiger partial charge in [0.25, 0.3) is 5.91 Å². The van der Waals surface area contributed by atoms with Crippen LogP contribution in [-0.4, -0.2) is 30.2 Å². The molecule has 0 saturated heterocycles. The number of aromatic nitrogens is 1. The van der Waals surface area contributed by atoms with Gasteiger partial charge in [0, 0.05) is 6.54 Å². The second kappa shape index (κ2) is 6.92. The molecule has 0 atom stereocenters. The van der Waals surface area contributed by atoms with Crippen molar-refractivity contribution in [2.45, 2.75) is 34.1 Å². The van der Waals surface area contributed by atoms with Crippen molar-refractivity contribution in [3.8, 4) is 0 Å². The number of hydrogen-bond donors (Lipinski definition) is 1. The molecular weight excluding hydrogens is 248 g/mol. The minimum absolute atomic E-state index is 0.292. The molecule has 1 aromatic heterocycles. The lowest BCUT2D eigenvalue weighted by Crippen LogP contribution is -2.31. The fraction of sp³-hybridized carbons (Fsp3) is 0.615. The van der Waals surface area contributed by atoms with E-state index in [1.165, 1.54) is 0 Å². The van der Waals surface area contributed by atoms with Crippen LogP contribution in [0.4, 0.5) is 0 Å². The van der Waals surface area contributed by atoms with E-state index in [1.54, 1.807) is 6.92 Å². The first-order chi connectivity index (χ1) is 8.95. The Kier molecular flexibility index (Phi) is 5.54. The third-order valence-corrected chi connectivity index (χ3v) is 2.51. The smallest absolute Gasteiger partial charge is 0.344 e. The summed E-state index contributed by atoms with van der Waals surface area (Å²) in [6.45, 7) is 7.74. The van der Waals surface area contributed by atoms with Gasteiger partial charge in [0.2, 0.25) is 0 Å². The number of aryl methyl sites for hydroxylation is 2. The molecule has 1 aromatic rings. The number of hydrogen-bond acceptors (Lipinski definition) is 5. The van der Waals surface area contributed by atoms with Gasteiger partial charge in [0.15, 0.2) is 6.61 Å². The third-order valence-electron chi connectivity index (χ3n) is 2.51. The molecule has 0 radical (unpaired) electrons. The van der Waals surface area contributed by atoms with Crippen molar-refractivity contribution < 1.29 is 18.8 Å². The van der Waals surface area contributed by atoms with Crippen LogP contribution in [-0.2, 0) is 16.0 Å². The highest BCUT2D eigenvalue weighted by Gasteiger charge is 2.21. The van der Waals surface area contributed by atoms with Gasteiger partial charge in [-0.05, 0) is 19.3 Å². The fourth-order valence-electron chi connectivity index (χ4n) is 1.49. The summed E-state index contributed by atoms with van der Waals surface area (Å²) in [7, 11) is 0.